The van der Waals surface area contributed by atoms with Gasteiger partial charge in [0.05, 0.1) is 6.04 Å². The SMILES string of the molecule is O=C(c1cccc(F)c1)N(CC(=O)N1CCc2sccc2[C@@H]1COc1ccccc1F)CC1CC1. The summed E-state index contributed by atoms with van der Waals surface area (Å²) in [5.41, 5.74) is 1.23. The van der Waals surface area contributed by atoms with Gasteiger partial charge in [-0.25, -0.2) is 8.78 Å². The lowest BCUT2D eigenvalue weighted by Crippen LogP contribution is -2.48. The maximum absolute atomic E-state index is 14.1. The molecule has 8 heteroatoms. The summed E-state index contributed by atoms with van der Waals surface area (Å²) in [7, 11) is 0. The van der Waals surface area contributed by atoms with Crippen LogP contribution in [0.3, 0.4) is 0 Å². The fourth-order valence-electron chi connectivity index (χ4n) is 4.49. The highest BCUT2D eigenvalue weighted by Crippen LogP contribution is 2.35. The van der Waals surface area contributed by atoms with Crippen molar-refractivity contribution in [2.45, 2.75) is 25.3 Å². The van der Waals surface area contributed by atoms with Gasteiger partial charge in [0.15, 0.2) is 11.6 Å². The lowest BCUT2D eigenvalue weighted by molar-refractivity contribution is -0.135. The quantitative estimate of drug-likeness (QED) is 0.437. The van der Waals surface area contributed by atoms with Crippen molar-refractivity contribution in [3.05, 3.63) is 87.6 Å². The van der Waals surface area contributed by atoms with Crippen molar-refractivity contribution in [2.75, 3.05) is 26.2 Å². The number of carbonyl (C=O) groups is 2. The molecule has 0 unspecified atom stereocenters. The van der Waals surface area contributed by atoms with E-state index in [1.807, 2.05) is 11.4 Å². The second-order valence-electron chi connectivity index (χ2n) is 9.03. The molecular formula is C27H26F2N2O3S. The lowest BCUT2D eigenvalue weighted by atomic mass is 10.00. The zero-order chi connectivity index (χ0) is 24.4. The summed E-state index contributed by atoms with van der Waals surface area (Å²) in [5.74, 6) is -0.987. The molecule has 0 radical (unpaired) electrons. The van der Waals surface area contributed by atoms with Crippen molar-refractivity contribution in [3.63, 3.8) is 0 Å². The van der Waals surface area contributed by atoms with Crippen LogP contribution in [0.1, 0.15) is 39.7 Å². The molecule has 1 aliphatic heterocycles. The summed E-state index contributed by atoms with van der Waals surface area (Å²) in [6.07, 6.45) is 2.75. The van der Waals surface area contributed by atoms with Crippen molar-refractivity contribution in [3.8, 4) is 5.75 Å². The van der Waals surface area contributed by atoms with E-state index in [1.165, 1.54) is 34.0 Å². The number of carbonyl (C=O) groups excluding carboxylic acids is 2. The summed E-state index contributed by atoms with van der Waals surface area (Å²) in [6, 6.07) is 13.4. The number of thiophene rings is 1. The van der Waals surface area contributed by atoms with Crippen LogP contribution in [0.5, 0.6) is 5.75 Å². The van der Waals surface area contributed by atoms with E-state index in [0.717, 1.165) is 24.8 Å². The topological polar surface area (TPSA) is 49.9 Å². The number of fused-ring (bicyclic) bond motifs is 1. The van der Waals surface area contributed by atoms with E-state index in [-0.39, 0.29) is 42.3 Å². The Morgan fingerprint density at radius 2 is 1.91 bits per heavy atom. The van der Waals surface area contributed by atoms with Crippen molar-refractivity contribution in [2.24, 2.45) is 5.92 Å². The molecule has 1 aliphatic carbocycles. The Morgan fingerprint density at radius 3 is 2.69 bits per heavy atom. The number of hydrogen-bond donors (Lipinski definition) is 0. The Kier molecular flexibility index (Phi) is 6.81. The zero-order valence-corrected chi connectivity index (χ0v) is 20.0. The molecular weight excluding hydrogens is 470 g/mol. The molecule has 0 saturated heterocycles. The minimum atomic E-state index is -0.486. The lowest BCUT2D eigenvalue weighted by Gasteiger charge is -2.37. The predicted molar refractivity (Wildman–Crippen MR) is 129 cm³/mol. The molecule has 1 saturated carbocycles. The normalized spacial score (nSPS) is 17.1. The number of para-hydroxylation sites is 1. The summed E-state index contributed by atoms with van der Waals surface area (Å²) in [5, 5.41) is 1.99. The average molecular weight is 497 g/mol. The van der Waals surface area contributed by atoms with Gasteiger partial charge in [0, 0.05) is 23.5 Å². The number of hydrogen-bond acceptors (Lipinski definition) is 4. The average Bonchev–Trinajstić information content (AvgIpc) is 3.54. The summed E-state index contributed by atoms with van der Waals surface area (Å²) < 4.78 is 33.7. The molecule has 5 rings (SSSR count). The van der Waals surface area contributed by atoms with Gasteiger partial charge in [-0.1, -0.05) is 18.2 Å². The third kappa shape index (κ3) is 5.37. The Labute approximate surface area is 206 Å². The Bertz CT molecular complexity index is 1230. The number of halogens is 2. The van der Waals surface area contributed by atoms with Crippen LogP contribution in [0.4, 0.5) is 8.78 Å². The summed E-state index contributed by atoms with van der Waals surface area (Å²) >= 11 is 1.63. The van der Waals surface area contributed by atoms with Gasteiger partial charge in [-0.2, -0.15) is 0 Å². The predicted octanol–water partition coefficient (Wildman–Crippen LogP) is 5.08. The smallest absolute Gasteiger partial charge is 0.254 e. The molecule has 1 atom stereocenters. The number of ether oxygens (including phenoxy) is 1. The first-order valence-electron chi connectivity index (χ1n) is 11.8. The first-order chi connectivity index (χ1) is 17.0. The van der Waals surface area contributed by atoms with E-state index in [4.69, 9.17) is 4.74 Å². The molecule has 0 N–H and O–H groups in total. The molecule has 1 fully saturated rings. The van der Waals surface area contributed by atoms with Gasteiger partial charge in [0.25, 0.3) is 5.91 Å². The van der Waals surface area contributed by atoms with Crippen molar-refractivity contribution < 1.29 is 23.1 Å². The zero-order valence-electron chi connectivity index (χ0n) is 19.2. The minimum absolute atomic E-state index is 0.0957. The van der Waals surface area contributed by atoms with E-state index in [9.17, 15) is 18.4 Å². The highest BCUT2D eigenvalue weighted by Gasteiger charge is 2.35. The number of amides is 2. The molecule has 2 aliphatic rings. The standard InChI is InChI=1S/C27H26F2N2O3S/c28-20-5-3-4-19(14-20)27(33)30(15-18-8-9-18)16-26(32)31-12-10-25-21(11-13-35-25)23(31)17-34-24-7-2-1-6-22(24)29/h1-7,11,13-14,18,23H,8-10,12,15-17H2/t23-/m0/s1. The molecule has 2 aromatic carbocycles. The van der Waals surface area contributed by atoms with Gasteiger partial charge in [0.1, 0.15) is 19.0 Å². The van der Waals surface area contributed by atoms with Gasteiger partial charge in [0.2, 0.25) is 5.91 Å². The summed E-state index contributed by atoms with van der Waals surface area (Å²) in [6.45, 7) is 0.969. The molecule has 1 aromatic heterocycles. The Hall–Kier alpha value is -3.26. The molecule has 35 heavy (non-hydrogen) atoms. The number of benzene rings is 2. The third-order valence-electron chi connectivity index (χ3n) is 6.51. The van der Waals surface area contributed by atoms with Gasteiger partial charge in [-0.15, -0.1) is 11.3 Å². The maximum Gasteiger partial charge on any atom is 0.254 e. The molecule has 5 nitrogen and oxygen atoms in total. The van der Waals surface area contributed by atoms with E-state index in [2.05, 4.69) is 0 Å². The van der Waals surface area contributed by atoms with E-state index in [1.54, 1.807) is 40.5 Å². The molecule has 182 valence electrons. The van der Waals surface area contributed by atoms with Crippen molar-refractivity contribution in [1.29, 1.82) is 0 Å². The van der Waals surface area contributed by atoms with Crippen LogP contribution in [0.15, 0.2) is 60.0 Å². The van der Waals surface area contributed by atoms with Crippen molar-refractivity contribution in [1.82, 2.24) is 9.80 Å². The Morgan fingerprint density at radius 1 is 1.09 bits per heavy atom. The first-order valence-corrected chi connectivity index (χ1v) is 12.7. The molecule has 2 amide bonds. The van der Waals surface area contributed by atoms with Crippen LogP contribution in [-0.2, 0) is 11.2 Å². The fourth-order valence-corrected chi connectivity index (χ4v) is 5.42. The van der Waals surface area contributed by atoms with E-state index < -0.39 is 11.6 Å². The van der Waals surface area contributed by atoms with E-state index in [0.29, 0.717) is 19.0 Å². The Balaban J connectivity index is 1.35. The largest absolute Gasteiger partial charge is 0.488 e. The van der Waals surface area contributed by atoms with E-state index >= 15 is 0 Å². The minimum Gasteiger partial charge on any atom is -0.488 e. The van der Waals surface area contributed by atoms with Gasteiger partial charge >= 0.3 is 0 Å². The van der Waals surface area contributed by atoms with Crippen LogP contribution in [0.2, 0.25) is 0 Å². The molecule has 0 bridgehead atoms. The maximum atomic E-state index is 14.1. The van der Waals surface area contributed by atoms with Gasteiger partial charge < -0.3 is 14.5 Å². The first kappa shape index (κ1) is 23.5. The van der Waals surface area contributed by atoms with Crippen LogP contribution in [-0.4, -0.2) is 47.9 Å². The van der Waals surface area contributed by atoms with Crippen LogP contribution in [0.25, 0.3) is 0 Å². The number of rotatable bonds is 8. The monoisotopic (exact) mass is 496 g/mol. The van der Waals surface area contributed by atoms with Crippen LogP contribution in [0, 0.1) is 17.6 Å². The van der Waals surface area contributed by atoms with Gasteiger partial charge in [-0.3, -0.25) is 9.59 Å². The second-order valence-corrected chi connectivity index (χ2v) is 10.0. The third-order valence-corrected chi connectivity index (χ3v) is 7.51. The highest BCUT2D eigenvalue weighted by atomic mass is 32.1. The van der Waals surface area contributed by atoms with Gasteiger partial charge in [-0.05, 0) is 72.5 Å². The molecule has 0 spiro atoms. The second kappa shape index (κ2) is 10.2. The fraction of sp³-hybridized carbons (Fsp3) is 0.333. The van der Waals surface area contributed by atoms with Crippen LogP contribution >= 0.6 is 11.3 Å². The number of nitrogens with zero attached hydrogens (tertiary/aromatic N) is 2. The van der Waals surface area contributed by atoms with Crippen LogP contribution < -0.4 is 4.74 Å². The molecule has 3 aromatic rings. The summed E-state index contributed by atoms with van der Waals surface area (Å²) in [4.78, 5) is 31.2. The highest BCUT2D eigenvalue weighted by molar-refractivity contribution is 7.10. The van der Waals surface area contributed by atoms with Crippen molar-refractivity contribution >= 4 is 23.2 Å². The molecule has 2 heterocycles.